The van der Waals surface area contributed by atoms with E-state index in [0.29, 0.717) is 42.2 Å². The van der Waals surface area contributed by atoms with E-state index in [1.165, 1.54) is 0 Å². The Kier molecular flexibility index (Phi) is 10.8. The predicted octanol–water partition coefficient (Wildman–Crippen LogP) is 4.07. The summed E-state index contributed by atoms with van der Waals surface area (Å²) < 4.78 is 16.3. The van der Waals surface area contributed by atoms with E-state index in [-0.39, 0.29) is 30.3 Å². The number of β-amino-alcohol motifs (C(OH)–C–C–N with tert-alkyl or cyclic N) is 1. The van der Waals surface area contributed by atoms with Gasteiger partial charge in [0.15, 0.2) is 17.3 Å². The van der Waals surface area contributed by atoms with Crippen LogP contribution in [-0.2, 0) is 6.42 Å². The number of carbonyl (C=O) groups excluding carboxylic acids is 1. The van der Waals surface area contributed by atoms with Crippen LogP contribution in [0, 0.1) is 0 Å². The average Bonchev–Trinajstić information content (AvgIpc) is 2.74. The molecule has 2 aromatic carbocycles. The van der Waals surface area contributed by atoms with Crippen molar-refractivity contribution >= 4 is 18.2 Å². The van der Waals surface area contributed by atoms with Gasteiger partial charge in [-0.1, -0.05) is 18.2 Å². The standard InChI is InChI=1S/C24H33NO5.ClH/c1-24(2,3)25-15-19(26)16-30-21-9-7-6-8-17(21)10-12-20(27)18-11-13-22(28-4)23(14-18)29-5;/h6-9,11,13-14,19,25-26H,10,12,15-16H2,1-5H3;1H. The number of Topliss-reactive ketones (excluding diaryl/α,β-unsaturated/α-hetero) is 1. The SMILES string of the molecule is COc1ccc(C(=O)CCc2ccccc2OCC(O)CNC(C)(C)C)cc1OC.Cl. The van der Waals surface area contributed by atoms with Gasteiger partial charge in [-0.05, 0) is 57.0 Å². The van der Waals surface area contributed by atoms with Crippen LogP contribution < -0.4 is 19.5 Å². The molecule has 1 unspecified atom stereocenters. The number of aliphatic hydroxyl groups is 1. The highest BCUT2D eigenvalue weighted by Crippen LogP contribution is 2.28. The zero-order valence-corrected chi connectivity index (χ0v) is 19.8. The number of para-hydroxylation sites is 1. The Bertz CT molecular complexity index is 835. The number of benzene rings is 2. The lowest BCUT2D eigenvalue weighted by Gasteiger charge is -2.23. The van der Waals surface area contributed by atoms with Crippen LogP contribution in [0.25, 0.3) is 0 Å². The fourth-order valence-corrected chi connectivity index (χ4v) is 2.92. The molecule has 1 atom stereocenters. The van der Waals surface area contributed by atoms with Crippen LogP contribution in [0.4, 0.5) is 0 Å². The summed E-state index contributed by atoms with van der Waals surface area (Å²) in [5, 5.41) is 13.4. The molecule has 2 aromatic rings. The topological polar surface area (TPSA) is 77.0 Å². The van der Waals surface area contributed by atoms with Gasteiger partial charge in [-0.3, -0.25) is 4.79 Å². The minimum atomic E-state index is -0.620. The summed E-state index contributed by atoms with van der Waals surface area (Å²) >= 11 is 0. The third-order valence-corrected chi connectivity index (χ3v) is 4.60. The van der Waals surface area contributed by atoms with Crippen LogP contribution in [-0.4, -0.2) is 49.9 Å². The number of methoxy groups -OCH3 is 2. The number of ketones is 1. The van der Waals surface area contributed by atoms with Gasteiger partial charge in [0.1, 0.15) is 18.5 Å². The molecular weight excluding hydrogens is 418 g/mol. The Morgan fingerprint density at radius 2 is 1.71 bits per heavy atom. The van der Waals surface area contributed by atoms with Crippen molar-refractivity contribution in [2.45, 2.75) is 45.3 Å². The molecule has 0 amide bonds. The first-order chi connectivity index (χ1) is 14.2. The molecule has 2 N–H and O–H groups in total. The quantitative estimate of drug-likeness (QED) is 0.501. The number of rotatable bonds is 11. The highest BCUT2D eigenvalue weighted by atomic mass is 35.5. The minimum Gasteiger partial charge on any atom is -0.493 e. The van der Waals surface area contributed by atoms with Crippen LogP contribution >= 0.6 is 12.4 Å². The highest BCUT2D eigenvalue weighted by Gasteiger charge is 2.15. The van der Waals surface area contributed by atoms with Crippen LogP contribution in [0.3, 0.4) is 0 Å². The summed E-state index contributed by atoms with van der Waals surface area (Å²) in [4.78, 5) is 12.7. The van der Waals surface area contributed by atoms with Gasteiger partial charge in [0.25, 0.3) is 0 Å². The lowest BCUT2D eigenvalue weighted by atomic mass is 10.0. The molecule has 2 rings (SSSR count). The summed E-state index contributed by atoms with van der Waals surface area (Å²) in [6, 6.07) is 12.8. The first kappa shape index (κ1) is 26.8. The number of nitrogens with one attached hydrogen (secondary N) is 1. The van der Waals surface area contributed by atoms with E-state index in [2.05, 4.69) is 5.32 Å². The molecule has 0 saturated heterocycles. The van der Waals surface area contributed by atoms with Crippen molar-refractivity contribution in [1.82, 2.24) is 5.32 Å². The Morgan fingerprint density at radius 1 is 1.03 bits per heavy atom. The second kappa shape index (κ2) is 12.5. The van der Waals surface area contributed by atoms with Crippen molar-refractivity contribution in [2.24, 2.45) is 0 Å². The highest BCUT2D eigenvalue weighted by molar-refractivity contribution is 5.96. The van der Waals surface area contributed by atoms with E-state index in [0.717, 1.165) is 5.56 Å². The minimum absolute atomic E-state index is 0. The Hall–Kier alpha value is -2.28. The lowest BCUT2D eigenvalue weighted by Crippen LogP contribution is -2.42. The number of aryl methyl sites for hydroxylation is 1. The Labute approximate surface area is 191 Å². The molecular formula is C24H34ClNO5. The molecule has 0 radical (unpaired) electrons. The van der Waals surface area contributed by atoms with Crippen LogP contribution in [0.1, 0.15) is 43.1 Å². The molecule has 172 valence electrons. The number of hydrogen-bond acceptors (Lipinski definition) is 6. The largest absolute Gasteiger partial charge is 0.493 e. The van der Waals surface area contributed by atoms with Crippen molar-refractivity contribution in [1.29, 1.82) is 0 Å². The number of carbonyl (C=O) groups is 1. The predicted molar refractivity (Wildman–Crippen MR) is 125 cm³/mol. The number of aliphatic hydroxyl groups excluding tert-OH is 1. The van der Waals surface area contributed by atoms with Gasteiger partial charge < -0.3 is 24.6 Å². The second-order valence-electron chi connectivity index (χ2n) is 8.20. The van der Waals surface area contributed by atoms with Gasteiger partial charge >= 0.3 is 0 Å². The molecule has 0 aromatic heterocycles. The fraction of sp³-hybridized carbons (Fsp3) is 0.458. The molecule has 0 spiro atoms. The molecule has 0 heterocycles. The van der Waals surface area contributed by atoms with Gasteiger partial charge in [0, 0.05) is 24.1 Å². The second-order valence-corrected chi connectivity index (χ2v) is 8.20. The van der Waals surface area contributed by atoms with Gasteiger partial charge in [-0.25, -0.2) is 0 Å². The zero-order chi connectivity index (χ0) is 22.1. The number of hydrogen-bond donors (Lipinski definition) is 2. The molecule has 0 saturated carbocycles. The van der Waals surface area contributed by atoms with Crippen LogP contribution in [0.2, 0.25) is 0 Å². The fourth-order valence-electron chi connectivity index (χ4n) is 2.92. The summed E-state index contributed by atoms with van der Waals surface area (Å²) in [6.07, 6.45) is 0.259. The third kappa shape index (κ3) is 8.77. The van der Waals surface area contributed by atoms with Crippen molar-refractivity contribution in [2.75, 3.05) is 27.4 Å². The molecule has 31 heavy (non-hydrogen) atoms. The maximum absolute atomic E-state index is 12.7. The molecule has 0 aliphatic carbocycles. The normalized spacial score (nSPS) is 11.9. The Morgan fingerprint density at radius 3 is 2.35 bits per heavy atom. The summed E-state index contributed by atoms with van der Waals surface area (Å²) in [5.74, 6) is 1.82. The first-order valence-electron chi connectivity index (χ1n) is 10.1. The van der Waals surface area contributed by atoms with E-state index >= 15 is 0 Å². The lowest BCUT2D eigenvalue weighted by molar-refractivity contribution is 0.0972. The Balaban J connectivity index is 0.00000480. The maximum atomic E-state index is 12.7. The molecule has 0 aliphatic heterocycles. The van der Waals surface area contributed by atoms with Gasteiger partial charge in [-0.2, -0.15) is 0 Å². The van der Waals surface area contributed by atoms with E-state index < -0.39 is 6.10 Å². The molecule has 7 heteroatoms. The van der Waals surface area contributed by atoms with E-state index in [4.69, 9.17) is 14.2 Å². The van der Waals surface area contributed by atoms with Gasteiger partial charge in [0.05, 0.1) is 14.2 Å². The van der Waals surface area contributed by atoms with Crippen molar-refractivity contribution in [3.63, 3.8) is 0 Å². The number of ether oxygens (including phenoxy) is 3. The van der Waals surface area contributed by atoms with Crippen LogP contribution in [0.15, 0.2) is 42.5 Å². The third-order valence-electron chi connectivity index (χ3n) is 4.60. The van der Waals surface area contributed by atoms with Crippen LogP contribution in [0.5, 0.6) is 17.2 Å². The summed E-state index contributed by atoms with van der Waals surface area (Å²) in [7, 11) is 3.11. The summed E-state index contributed by atoms with van der Waals surface area (Å²) in [5.41, 5.74) is 1.45. The average molecular weight is 452 g/mol. The van der Waals surface area contributed by atoms with E-state index in [1.807, 2.05) is 45.0 Å². The monoisotopic (exact) mass is 451 g/mol. The summed E-state index contributed by atoms with van der Waals surface area (Å²) in [6.45, 7) is 6.77. The zero-order valence-electron chi connectivity index (χ0n) is 18.9. The van der Waals surface area contributed by atoms with Crippen molar-refractivity contribution in [3.8, 4) is 17.2 Å². The van der Waals surface area contributed by atoms with Gasteiger partial charge in [-0.15, -0.1) is 12.4 Å². The first-order valence-corrected chi connectivity index (χ1v) is 10.1. The van der Waals surface area contributed by atoms with Crippen molar-refractivity contribution < 1.29 is 24.1 Å². The smallest absolute Gasteiger partial charge is 0.163 e. The maximum Gasteiger partial charge on any atom is 0.163 e. The van der Waals surface area contributed by atoms with Crippen molar-refractivity contribution in [3.05, 3.63) is 53.6 Å². The molecule has 0 bridgehead atoms. The molecule has 0 aliphatic rings. The van der Waals surface area contributed by atoms with E-state index in [9.17, 15) is 9.90 Å². The molecule has 0 fully saturated rings. The van der Waals surface area contributed by atoms with Gasteiger partial charge in [0.2, 0.25) is 0 Å². The molecule has 6 nitrogen and oxygen atoms in total. The van der Waals surface area contributed by atoms with E-state index in [1.54, 1.807) is 32.4 Å². The number of halogens is 1.